The fraction of sp³-hybridized carbons (Fsp3) is 1.00. The van der Waals surface area contributed by atoms with E-state index in [1.54, 1.807) is 0 Å². The van der Waals surface area contributed by atoms with Crippen molar-refractivity contribution in [3.63, 3.8) is 0 Å². The molecule has 1 unspecified atom stereocenters. The second-order valence-corrected chi connectivity index (χ2v) is 6.32. The van der Waals surface area contributed by atoms with Crippen molar-refractivity contribution in [3.05, 3.63) is 0 Å². The Morgan fingerprint density at radius 1 is 1.38 bits per heavy atom. The summed E-state index contributed by atoms with van der Waals surface area (Å²) >= 11 is 0. The highest BCUT2D eigenvalue weighted by atomic mass is 32.2. The zero-order valence-electron chi connectivity index (χ0n) is 9.82. The number of ether oxygens (including phenoxy) is 1. The zero-order chi connectivity index (χ0) is 11.2. The first kappa shape index (κ1) is 12.5. The summed E-state index contributed by atoms with van der Waals surface area (Å²) in [4.78, 5) is 2.40. The lowest BCUT2D eigenvalue weighted by atomic mass is 10.1. The van der Waals surface area contributed by atoms with Crippen molar-refractivity contribution in [2.45, 2.75) is 6.42 Å². The first-order valence-electron chi connectivity index (χ1n) is 6.20. The van der Waals surface area contributed by atoms with Gasteiger partial charge in [0.2, 0.25) is 0 Å². The third-order valence-corrected chi connectivity index (χ3v) is 4.61. The summed E-state index contributed by atoms with van der Waals surface area (Å²) in [5.41, 5.74) is 0. The second kappa shape index (κ2) is 6.69. The van der Waals surface area contributed by atoms with Crippen molar-refractivity contribution in [1.82, 2.24) is 10.2 Å². The molecule has 0 aliphatic carbocycles. The molecule has 2 aliphatic rings. The van der Waals surface area contributed by atoms with Crippen LogP contribution in [0.25, 0.3) is 0 Å². The Kier molecular flexibility index (Phi) is 5.22. The number of nitrogens with zero attached hydrogens (tertiary/aromatic N) is 1. The molecule has 0 aromatic rings. The highest BCUT2D eigenvalue weighted by Gasteiger charge is 2.16. The molecule has 0 saturated carbocycles. The highest BCUT2D eigenvalue weighted by molar-refractivity contribution is 7.85. The quantitative estimate of drug-likeness (QED) is 0.675. The SMILES string of the molecule is O=S1CCN(CCNCC2CCOC2)CC1. The maximum Gasteiger partial charge on any atom is 0.0507 e. The number of hydrogen-bond donors (Lipinski definition) is 1. The van der Waals surface area contributed by atoms with Gasteiger partial charge in [0.25, 0.3) is 0 Å². The monoisotopic (exact) mass is 246 g/mol. The first-order valence-corrected chi connectivity index (χ1v) is 7.69. The molecule has 16 heavy (non-hydrogen) atoms. The van der Waals surface area contributed by atoms with Crippen LogP contribution in [0.15, 0.2) is 0 Å². The molecular weight excluding hydrogens is 224 g/mol. The Balaban J connectivity index is 1.49. The van der Waals surface area contributed by atoms with Crippen LogP contribution in [-0.2, 0) is 15.5 Å². The van der Waals surface area contributed by atoms with E-state index < -0.39 is 10.8 Å². The lowest BCUT2D eigenvalue weighted by Gasteiger charge is -2.26. The minimum Gasteiger partial charge on any atom is -0.381 e. The third kappa shape index (κ3) is 4.13. The van der Waals surface area contributed by atoms with E-state index in [0.717, 1.165) is 57.4 Å². The molecular formula is C11H22N2O2S. The third-order valence-electron chi connectivity index (χ3n) is 3.33. The van der Waals surface area contributed by atoms with Crippen molar-refractivity contribution >= 4 is 10.8 Å². The van der Waals surface area contributed by atoms with E-state index in [-0.39, 0.29) is 0 Å². The molecule has 2 heterocycles. The van der Waals surface area contributed by atoms with Gasteiger partial charge in [-0.15, -0.1) is 0 Å². The van der Waals surface area contributed by atoms with E-state index in [1.165, 1.54) is 6.42 Å². The molecule has 0 aromatic heterocycles. The fourth-order valence-electron chi connectivity index (χ4n) is 2.19. The van der Waals surface area contributed by atoms with Crippen molar-refractivity contribution in [3.8, 4) is 0 Å². The van der Waals surface area contributed by atoms with Crippen LogP contribution in [0.1, 0.15) is 6.42 Å². The highest BCUT2D eigenvalue weighted by Crippen LogP contribution is 2.10. The topological polar surface area (TPSA) is 41.6 Å². The normalized spacial score (nSPS) is 28.6. The minimum atomic E-state index is -0.549. The zero-order valence-corrected chi connectivity index (χ0v) is 10.6. The van der Waals surface area contributed by atoms with Gasteiger partial charge >= 0.3 is 0 Å². The van der Waals surface area contributed by atoms with Gasteiger partial charge in [-0.1, -0.05) is 0 Å². The van der Waals surface area contributed by atoms with Gasteiger partial charge in [0.1, 0.15) is 0 Å². The average molecular weight is 246 g/mol. The lowest BCUT2D eigenvalue weighted by Crippen LogP contribution is -2.41. The van der Waals surface area contributed by atoms with Crippen molar-refractivity contribution in [1.29, 1.82) is 0 Å². The van der Waals surface area contributed by atoms with Crippen LogP contribution in [-0.4, -0.2) is 66.6 Å². The maximum absolute atomic E-state index is 11.2. The van der Waals surface area contributed by atoms with Crippen LogP contribution < -0.4 is 5.32 Å². The Morgan fingerprint density at radius 2 is 2.19 bits per heavy atom. The molecule has 0 amide bonds. The summed E-state index contributed by atoms with van der Waals surface area (Å²) in [6.45, 7) is 7.08. The molecule has 2 aliphatic heterocycles. The molecule has 0 spiro atoms. The van der Waals surface area contributed by atoms with Gasteiger partial charge in [0, 0.05) is 61.6 Å². The van der Waals surface area contributed by atoms with Gasteiger partial charge in [0.05, 0.1) is 6.61 Å². The lowest BCUT2D eigenvalue weighted by molar-refractivity contribution is 0.185. The Bertz CT molecular complexity index is 222. The van der Waals surface area contributed by atoms with E-state index in [0.29, 0.717) is 5.92 Å². The van der Waals surface area contributed by atoms with Crippen LogP contribution >= 0.6 is 0 Å². The van der Waals surface area contributed by atoms with Crippen LogP contribution in [0.4, 0.5) is 0 Å². The predicted molar refractivity (Wildman–Crippen MR) is 66.1 cm³/mol. The maximum atomic E-state index is 11.2. The standard InChI is InChI=1S/C11H22N2O2S/c14-16-7-4-13(5-8-16)3-2-12-9-11-1-6-15-10-11/h11-12H,1-10H2. The van der Waals surface area contributed by atoms with E-state index in [9.17, 15) is 4.21 Å². The van der Waals surface area contributed by atoms with E-state index >= 15 is 0 Å². The number of rotatable bonds is 5. The largest absolute Gasteiger partial charge is 0.381 e. The van der Waals surface area contributed by atoms with Gasteiger partial charge in [-0.05, 0) is 12.3 Å². The van der Waals surface area contributed by atoms with Crippen LogP contribution in [0, 0.1) is 5.92 Å². The van der Waals surface area contributed by atoms with Crippen molar-refractivity contribution in [2.24, 2.45) is 5.92 Å². The van der Waals surface area contributed by atoms with Gasteiger partial charge < -0.3 is 15.0 Å². The minimum absolute atomic E-state index is 0.549. The summed E-state index contributed by atoms with van der Waals surface area (Å²) in [5.74, 6) is 2.43. The molecule has 2 saturated heterocycles. The molecule has 1 atom stereocenters. The molecule has 4 nitrogen and oxygen atoms in total. The molecule has 0 radical (unpaired) electrons. The van der Waals surface area contributed by atoms with Crippen molar-refractivity contribution in [2.75, 3.05) is 57.4 Å². The molecule has 0 bridgehead atoms. The summed E-state index contributed by atoms with van der Waals surface area (Å²) in [6, 6.07) is 0. The Hall–Kier alpha value is 0.0300. The average Bonchev–Trinajstić information content (AvgIpc) is 2.80. The predicted octanol–water partition coefficient (Wildman–Crippen LogP) is -0.323. The van der Waals surface area contributed by atoms with E-state index in [4.69, 9.17) is 4.74 Å². The molecule has 0 aromatic carbocycles. The summed E-state index contributed by atoms with van der Waals surface area (Å²) in [5, 5.41) is 3.49. The molecule has 2 fully saturated rings. The fourth-order valence-corrected chi connectivity index (χ4v) is 3.31. The molecule has 2 rings (SSSR count). The van der Waals surface area contributed by atoms with Crippen LogP contribution in [0.3, 0.4) is 0 Å². The first-order chi connectivity index (χ1) is 7.84. The van der Waals surface area contributed by atoms with Crippen LogP contribution in [0.2, 0.25) is 0 Å². The van der Waals surface area contributed by atoms with Gasteiger partial charge in [-0.3, -0.25) is 4.21 Å². The molecule has 94 valence electrons. The van der Waals surface area contributed by atoms with Gasteiger partial charge in [0.15, 0.2) is 0 Å². The summed E-state index contributed by atoms with van der Waals surface area (Å²) in [6.07, 6.45) is 1.20. The molecule has 5 heteroatoms. The second-order valence-electron chi connectivity index (χ2n) is 4.62. The van der Waals surface area contributed by atoms with Gasteiger partial charge in [-0.25, -0.2) is 0 Å². The smallest absolute Gasteiger partial charge is 0.0507 e. The Labute approximate surface area is 100 Å². The molecule has 1 N–H and O–H groups in total. The number of hydrogen-bond acceptors (Lipinski definition) is 4. The van der Waals surface area contributed by atoms with Gasteiger partial charge in [-0.2, -0.15) is 0 Å². The summed E-state index contributed by atoms with van der Waals surface area (Å²) in [7, 11) is -0.549. The summed E-state index contributed by atoms with van der Waals surface area (Å²) < 4.78 is 16.5. The van der Waals surface area contributed by atoms with E-state index in [1.807, 2.05) is 0 Å². The number of nitrogens with one attached hydrogen (secondary N) is 1. The van der Waals surface area contributed by atoms with Crippen molar-refractivity contribution < 1.29 is 8.95 Å². The Morgan fingerprint density at radius 3 is 2.88 bits per heavy atom. The van der Waals surface area contributed by atoms with E-state index in [2.05, 4.69) is 10.2 Å². The van der Waals surface area contributed by atoms with Crippen LogP contribution in [0.5, 0.6) is 0 Å².